The molecule has 6 nitrogen and oxygen atoms in total. The Morgan fingerprint density at radius 1 is 1.14 bits per heavy atom. The molecule has 1 N–H and O–H groups in total. The molecule has 1 saturated carbocycles. The lowest BCUT2D eigenvalue weighted by molar-refractivity contribution is 0.0950. The maximum absolute atomic E-state index is 12.4. The average molecular weight is 414 g/mol. The Bertz CT molecular complexity index is 873. The van der Waals surface area contributed by atoms with Crippen molar-refractivity contribution in [1.82, 2.24) is 20.0 Å². The predicted octanol–water partition coefficient (Wildman–Crippen LogP) is 3.21. The van der Waals surface area contributed by atoms with Crippen molar-refractivity contribution >= 4 is 17.2 Å². The number of benzene rings is 1. The van der Waals surface area contributed by atoms with Gasteiger partial charge in [0.05, 0.1) is 6.04 Å². The van der Waals surface area contributed by atoms with Gasteiger partial charge in [0.15, 0.2) is 0 Å². The zero-order valence-corrected chi connectivity index (χ0v) is 18.1. The molecule has 2 heterocycles. The van der Waals surface area contributed by atoms with Gasteiger partial charge in [0.2, 0.25) is 4.80 Å². The fourth-order valence-corrected chi connectivity index (χ4v) is 5.11. The number of aryl methyl sites for hydroxylation is 1. The van der Waals surface area contributed by atoms with Crippen LogP contribution in [0.25, 0.3) is 10.6 Å². The standard InChI is InChI=1S/C22H31N5OS/c1-26-22(24-19-7-3-2-4-8-19)29-21(25-26)18-11-9-17(10-12-18)20(28)23-13-16-27-14-5-6-15-27/h9-12,19H,2-8,13-16H2,1H3,(H,23,28). The zero-order chi connectivity index (χ0) is 20.1. The highest BCUT2D eigenvalue weighted by molar-refractivity contribution is 7.12. The Morgan fingerprint density at radius 3 is 2.59 bits per heavy atom. The second-order valence-electron chi connectivity index (χ2n) is 8.12. The molecule has 7 heteroatoms. The van der Waals surface area contributed by atoms with E-state index in [2.05, 4.69) is 15.3 Å². The molecule has 0 spiro atoms. The van der Waals surface area contributed by atoms with E-state index in [1.54, 1.807) is 11.3 Å². The van der Waals surface area contributed by atoms with Crippen molar-refractivity contribution < 1.29 is 4.79 Å². The molecule has 4 rings (SSSR count). The first-order valence-corrected chi connectivity index (χ1v) is 11.7. The van der Waals surface area contributed by atoms with Crippen LogP contribution < -0.4 is 10.1 Å². The van der Waals surface area contributed by atoms with Crippen LogP contribution in [0, 0.1) is 0 Å². The normalized spacial score (nSPS) is 19.0. The highest BCUT2D eigenvalue weighted by Crippen LogP contribution is 2.22. The van der Waals surface area contributed by atoms with Crippen LogP contribution in [0.1, 0.15) is 55.3 Å². The Morgan fingerprint density at radius 2 is 1.86 bits per heavy atom. The quantitative estimate of drug-likeness (QED) is 0.791. The first-order valence-electron chi connectivity index (χ1n) is 10.9. The third kappa shape index (κ3) is 5.34. The van der Waals surface area contributed by atoms with Crippen LogP contribution >= 0.6 is 11.3 Å². The molecule has 2 aromatic rings. The van der Waals surface area contributed by atoms with Gasteiger partial charge in [0.25, 0.3) is 5.91 Å². The minimum Gasteiger partial charge on any atom is -0.351 e. The van der Waals surface area contributed by atoms with E-state index in [9.17, 15) is 4.79 Å². The van der Waals surface area contributed by atoms with E-state index in [1.165, 1.54) is 44.9 Å². The summed E-state index contributed by atoms with van der Waals surface area (Å²) in [5.74, 6) is -0.00608. The first kappa shape index (κ1) is 20.3. The first-order chi connectivity index (χ1) is 14.2. The smallest absolute Gasteiger partial charge is 0.251 e. The van der Waals surface area contributed by atoms with Crippen molar-refractivity contribution in [3.8, 4) is 10.6 Å². The maximum Gasteiger partial charge on any atom is 0.251 e. The zero-order valence-electron chi connectivity index (χ0n) is 17.3. The van der Waals surface area contributed by atoms with Gasteiger partial charge in [0, 0.05) is 31.3 Å². The SMILES string of the molecule is Cn1nc(-c2ccc(C(=O)NCCN3CCCC3)cc2)sc1=NC1CCCCC1. The fourth-order valence-electron chi connectivity index (χ4n) is 4.14. The van der Waals surface area contributed by atoms with Crippen molar-refractivity contribution in [1.29, 1.82) is 0 Å². The van der Waals surface area contributed by atoms with E-state index < -0.39 is 0 Å². The van der Waals surface area contributed by atoms with Gasteiger partial charge >= 0.3 is 0 Å². The van der Waals surface area contributed by atoms with Crippen LogP contribution in [-0.4, -0.2) is 52.8 Å². The molecule has 2 fully saturated rings. The van der Waals surface area contributed by atoms with Crippen LogP contribution in [0.15, 0.2) is 29.3 Å². The van der Waals surface area contributed by atoms with Gasteiger partial charge in [-0.05, 0) is 50.9 Å². The number of amides is 1. The lowest BCUT2D eigenvalue weighted by Gasteiger charge is -2.16. The van der Waals surface area contributed by atoms with Crippen LogP contribution in [-0.2, 0) is 7.05 Å². The number of carbonyl (C=O) groups is 1. The van der Waals surface area contributed by atoms with Crippen LogP contribution in [0.4, 0.5) is 0 Å². The largest absolute Gasteiger partial charge is 0.351 e. The number of nitrogens with zero attached hydrogens (tertiary/aromatic N) is 4. The second-order valence-corrected chi connectivity index (χ2v) is 9.07. The van der Waals surface area contributed by atoms with E-state index in [1.807, 2.05) is 36.0 Å². The monoisotopic (exact) mass is 413 g/mol. The number of nitrogens with one attached hydrogen (secondary N) is 1. The molecule has 0 atom stereocenters. The Balaban J connectivity index is 1.37. The number of hydrogen-bond donors (Lipinski definition) is 1. The number of carbonyl (C=O) groups excluding carboxylic acids is 1. The third-order valence-electron chi connectivity index (χ3n) is 5.88. The highest BCUT2D eigenvalue weighted by atomic mass is 32.1. The Hall–Kier alpha value is -1.99. The van der Waals surface area contributed by atoms with Crippen LogP contribution in [0.3, 0.4) is 0 Å². The third-order valence-corrected chi connectivity index (χ3v) is 6.94. The molecule has 156 valence electrons. The minimum atomic E-state index is -0.00608. The maximum atomic E-state index is 12.4. The van der Waals surface area contributed by atoms with Gasteiger partial charge in [-0.2, -0.15) is 5.10 Å². The minimum absolute atomic E-state index is 0.00608. The summed E-state index contributed by atoms with van der Waals surface area (Å²) >= 11 is 1.63. The lowest BCUT2D eigenvalue weighted by atomic mass is 9.96. The summed E-state index contributed by atoms with van der Waals surface area (Å²) in [5, 5.41) is 8.63. The lowest BCUT2D eigenvalue weighted by Crippen LogP contribution is -2.33. The molecule has 1 aliphatic heterocycles. The molecule has 0 radical (unpaired) electrons. The Kier molecular flexibility index (Phi) is 6.77. The fraction of sp³-hybridized carbons (Fsp3) is 0.591. The van der Waals surface area contributed by atoms with E-state index in [-0.39, 0.29) is 5.91 Å². The van der Waals surface area contributed by atoms with Gasteiger partial charge in [-0.1, -0.05) is 42.7 Å². The van der Waals surface area contributed by atoms with Crippen LogP contribution in [0.5, 0.6) is 0 Å². The molecule has 1 aliphatic carbocycles. The van der Waals surface area contributed by atoms with Gasteiger partial charge in [-0.25, -0.2) is 4.68 Å². The summed E-state index contributed by atoms with van der Waals surface area (Å²) in [6.45, 7) is 3.96. The molecule has 1 saturated heterocycles. The van der Waals surface area contributed by atoms with E-state index >= 15 is 0 Å². The summed E-state index contributed by atoms with van der Waals surface area (Å²) in [7, 11) is 1.96. The molecular weight excluding hydrogens is 382 g/mol. The van der Waals surface area contributed by atoms with Gasteiger partial charge < -0.3 is 10.2 Å². The molecule has 1 amide bonds. The number of hydrogen-bond acceptors (Lipinski definition) is 5. The van der Waals surface area contributed by atoms with Crippen LogP contribution in [0.2, 0.25) is 0 Å². The summed E-state index contributed by atoms with van der Waals surface area (Å²) < 4.78 is 1.88. The summed E-state index contributed by atoms with van der Waals surface area (Å²) in [6, 6.07) is 8.19. The summed E-state index contributed by atoms with van der Waals surface area (Å²) in [6.07, 6.45) is 8.84. The molecular formula is C22H31N5OS. The van der Waals surface area contributed by atoms with Crippen molar-refractivity contribution in [2.75, 3.05) is 26.2 Å². The topological polar surface area (TPSA) is 62.5 Å². The summed E-state index contributed by atoms with van der Waals surface area (Å²) in [5.41, 5.74) is 1.73. The van der Waals surface area contributed by atoms with Crippen molar-refractivity contribution in [2.45, 2.75) is 51.0 Å². The van der Waals surface area contributed by atoms with E-state index in [0.717, 1.165) is 35.0 Å². The van der Waals surface area contributed by atoms with Crippen molar-refractivity contribution in [3.63, 3.8) is 0 Å². The highest BCUT2D eigenvalue weighted by Gasteiger charge is 2.14. The summed E-state index contributed by atoms with van der Waals surface area (Å²) in [4.78, 5) is 20.7. The van der Waals surface area contributed by atoms with Gasteiger partial charge in [-0.15, -0.1) is 0 Å². The second kappa shape index (κ2) is 9.67. The molecule has 0 unspecified atom stereocenters. The molecule has 1 aromatic carbocycles. The molecule has 0 bridgehead atoms. The van der Waals surface area contributed by atoms with E-state index in [0.29, 0.717) is 18.2 Å². The number of likely N-dealkylation sites (tertiary alicyclic amines) is 1. The Labute approximate surface area is 176 Å². The van der Waals surface area contributed by atoms with Crippen molar-refractivity contribution in [3.05, 3.63) is 34.6 Å². The predicted molar refractivity (Wildman–Crippen MR) is 117 cm³/mol. The number of aromatic nitrogens is 2. The van der Waals surface area contributed by atoms with Crippen molar-refractivity contribution in [2.24, 2.45) is 12.0 Å². The molecule has 29 heavy (non-hydrogen) atoms. The van der Waals surface area contributed by atoms with Gasteiger partial charge in [0.1, 0.15) is 5.01 Å². The molecule has 2 aliphatic rings. The number of rotatable bonds is 6. The van der Waals surface area contributed by atoms with Gasteiger partial charge in [-0.3, -0.25) is 9.79 Å². The molecule has 1 aromatic heterocycles. The van der Waals surface area contributed by atoms with E-state index in [4.69, 9.17) is 4.99 Å². The average Bonchev–Trinajstić information content (AvgIpc) is 3.39.